The van der Waals surface area contributed by atoms with Gasteiger partial charge in [-0.05, 0) is 5.56 Å². The van der Waals surface area contributed by atoms with Crippen LogP contribution in [-0.4, -0.2) is 19.3 Å². The molecule has 0 saturated carbocycles. The maximum Gasteiger partial charge on any atom is 0.205 e. The highest BCUT2D eigenvalue weighted by atomic mass is 32.1. The summed E-state index contributed by atoms with van der Waals surface area (Å²) in [6, 6.07) is 8.56. The minimum Gasteiger partial charge on any atom is -0.383 e. The van der Waals surface area contributed by atoms with Crippen LogP contribution < -0.4 is 16.3 Å². The van der Waals surface area contributed by atoms with Crippen molar-refractivity contribution >= 4 is 41.8 Å². The molecular weight excluding hydrogens is 272 g/mol. The molecule has 2 rings (SSSR count). The van der Waals surface area contributed by atoms with E-state index in [2.05, 4.69) is 59.4 Å². The maximum atomic E-state index is 5.53. The third kappa shape index (κ3) is 3.90. The van der Waals surface area contributed by atoms with Gasteiger partial charge in [0.25, 0.3) is 0 Å². The summed E-state index contributed by atoms with van der Waals surface area (Å²) in [6.45, 7) is 7.01. The third-order valence-electron chi connectivity index (χ3n) is 2.67. The third-order valence-corrected chi connectivity index (χ3v) is 5.50. The van der Waals surface area contributed by atoms with E-state index in [9.17, 15) is 0 Å². The molecule has 0 fully saturated rings. The minimum absolute atomic E-state index is 0.516. The average molecular weight is 290 g/mol. The Balaban J connectivity index is 1.99. The molecule has 0 bridgehead atoms. The average Bonchev–Trinajstić information content (AvgIpc) is 2.75. The standard InChI is InChI=1S/C13H18N4SSi/c1-19(2,3)11-6-4-10(5-7-11)8-15-17-13-16-12(14)9-18-13/h4-9H,14H2,1-3H3,(H,16,17). The second-order valence-electron chi connectivity index (χ2n) is 5.32. The monoisotopic (exact) mass is 290 g/mol. The van der Waals surface area contributed by atoms with Crippen molar-refractivity contribution in [1.29, 1.82) is 0 Å². The molecule has 0 saturated heterocycles. The molecule has 1 aromatic carbocycles. The highest BCUT2D eigenvalue weighted by Crippen LogP contribution is 2.15. The van der Waals surface area contributed by atoms with Crippen molar-refractivity contribution in [3.05, 3.63) is 35.2 Å². The van der Waals surface area contributed by atoms with E-state index in [1.54, 1.807) is 11.6 Å². The molecule has 0 spiro atoms. The zero-order valence-electron chi connectivity index (χ0n) is 11.3. The fraction of sp³-hybridized carbons (Fsp3) is 0.231. The smallest absolute Gasteiger partial charge is 0.205 e. The fourth-order valence-corrected chi connectivity index (χ4v) is 3.28. The summed E-state index contributed by atoms with van der Waals surface area (Å²) >= 11 is 1.44. The molecule has 2 aromatic rings. The molecule has 3 N–H and O–H groups in total. The highest BCUT2D eigenvalue weighted by molar-refractivity contribution is 7.14. The molecule has 0 aliphatic rings. The van der Waals surface area contributed by atoms with Crippen LogP contribution >= 0.6 is 11.3 Å². The van der Waals surface area contributed by atoms with Crippen LogP contribution in [0.5, 0.6) is 0 Å². The quantitative estimate of drug-likeness (QED) is 0.517. The second kappa shape index (κ2) is 5.54. The first kappa shape index (κ1) is 13.8. The highest BCUT2D eigenvalue weighted by Gasteiger charge is 2.15. The van der Waals surface area contributed by atoms with Crippen molar-refractivity contribution in [2.75, 3.05) is 11.2 Å². The number of nitrogens with one attached hydrogen (secondary N) is 1. The number of thiazole rings is 1. The van der Waals surface area contributed by atoms with Crippen molar-refractivity contribution in [3.63, 3.8) is 0 Å². The molecule has 0 unspecified atom stereocenters. The minimum atomic E-state index is -1.22. The normalized spacial score (nSPS) is 11.9. The lowest BCUT2D eigenvalue weighted by atomic mass is 10.2. The maximum absolute atomic E-state index is 5.53. The topological polar surface area (TPSA) is 63.3 Å². The molecule has 19 heavy (non-hydrogen) atoms. The van der Waals surface area contributed by atoms with Gasteiger partial charge in [0, 0.05) is 5.38 Å². The molecule has 0 aliphatic carbocycles. The molecular formula is C13H18N4SSi. The van der Waals surface area contributed by atoms with E-state index in [0.717, 1.165) is 5.56 Å². The Labute approximate surface area is 118 Å². The lowest BCUT2D eigenvalue weighted by Crippen LogP contribution is -2.37. The van der Waals surface area contributed by atoms with E-state index >= 15 is 0 Å². The summed E-state index contributed by atoms with van der Waals surface area (Å²) in [5, 5.41) is 8.07. The van der Waals surface area contributed by atoms with E-state index in [4.69, 9.17) is 5.73 Å². The number of anilines is 2. The van der Waals surface area contributed by atoms with Crippen LogP contribution in [0.25, 0.3) is 0 Å². The molecule has 4 nitrogen and oxygen atoms in total. The van der Waals surface area contributed by atoms with Crippen LogP contribution in [0.2, 0.25) is 19.6 Å². The van der Waals surface area contributed by atoms with Crippen LogP contribution in [0.1, 0.15) is 5.56 Å². The van der Waals surface area contributed by atoms with Crippen LogP contribution in [-0.2, 0) is 0 Å². The summed E-state index contributed by atoms with van der Waals surface area (Å²) in [5.74, 6) is 0.516. The number of nitrogens with two attached hydrogens (primary N) is 1. The number of aromatic nitrogens is 1. The zero-order chi connectivity index (χ0) is 13.9. The van der Waals surface area contributed by atoms with Crippen LogP contribution in [0.4, 0.5) is 10.9 Å². The van der Waals surface area contributed by atoms with Crippen molar-refractivity contribution in [1.82, 2.24) is 4.98 Å². The van der Waals surface area contributed by atoms with Crippen molar-refractivity contribution in [3.8, 4) is 0 Å². The Morgan fingerprint density at radius 3 is 2.47 bits per heavy atom. The number of hydrazone groups is 1. The summed E-state index contributed by atoms with van der Waals surface area (Å²) in [4.78, 5) is 4.07. The summed E-state index contributed by atoms with van der Waals surface area (Å²) in [7, 11) is -1.22. The molecule has 6 heteroatoms. The van der Waals surface area contributed by atoms with Crippen LogP contribution in [0.3, 0.4) is 0 Å². The fourth-order valence-electron chi connectivity index (χ4n) is 1.57. The molecule has 0 amide bonds. The number of nitrogen functional groups attached to an aromatic ring is 1. The van der Waals surface area contributed by atoms with Gasteiger partial charge in [-0.25, -0.2) is 4.98 Å². The second-order valence-corrected chi connectivity index (χ2v) is 11.3. The SMILES string of the molecule is C[Si](C)(C)c1ccc(C=NNc2nc(N)cs2)cc1. The van der Waals surface area contributed by atoms with Crippen molar-refractivity contribution in [2.45, 2.75) is 19.6 Å². The Bertz CT molecular complexity index is 569. The predicted octanol–water partition coefficient (Wildman–Crippen LogP) is 2.72. The van der Waals surface area contributed by atoms with Crippen molar-refractivity contribution in [2.24, 2.45) is 5.10 Å². The van der Waals surface area contributed by atoms with Gasteiger partial charge in [0.15, 0.2) is 0 Å². The van der Waals surface area contributed by atoms with Crippen LogP contribution in [0, 0.1) is 0 Å². The van der Waals surface area contributed by atoms with Crippen LogP contribution in [0.15, 0.2) is 34.7 Å². The lowest BCUT2D eigenvalue weighted by molar-refractivity contribution is 1.29. The lowest BCUT2D eigenvalue weighted by Gasteiger charge is -2.16. The van der Waals surface area contributed by atoms with E-state index in [1.807, 2.05) is 0 Å². The number of hydrogen-bond acceptors (Lipinski definition) is 5. The Hall–Kier alpha value is -1.66. The van der Waals surface area contributed by atoms with Gasteiger partial charge in [0.2, 0.25) is 5.13 Å². The van der Waals surface area contributed by atoms with Gasteiger partial charge in [0.1, 0.15) is 5.82 Å². The van der Waals surface area contributed by atoms with Gasteiger partial charge in [0.05, 0.1) is 14.3 Å². The van der Waals surface area contributed by atoms with Gasteiger partial charge >= 0.3 is 0 Å². The van der Waals surface area contributed by atoms with E-state index in [-0.39, 0.29) is 0 Å². The molecule has 1 heterocycles. The van der Waals surface area contributed by atoms with Gasteiger partial charge in [-0.1, -0.05) is 49.1 Å². The Kier molecular flexibility index (Phi) is 4.01. The van der Waals surface area contributed by atoms with Gasteiger partial charge in [-0.15, -0.1) is 11.3 Å². The van der Waals surface area contributed by atoms with E-state index in [0.29, 0.717) is 10.9 Å². The zero-order valence-corrected chi connectivity index (χ0v) is 13.2. The Morgan fingerprint density at radius 1 is 1.26 bits per heavy atom. The van der Waals surface area contributed by atoms with Gasteiger partial charge < -0.3 is 5.73 Å². The molecule has 1 aromatic heterocycles. The number of nitrogens with zero attached hydrogens (tertiary/aromatic N) is 2. The first-order valence-corrected chi connectivity index (χ1v) is 10.4. The first-order chi connectivity index (χ1) is 8.95. The Morgan fingerprint density at radius 2 is 1.95 bits per heavy atom. The largest absolute Gasteiger partial charge is 0.383 e. The summed E-state index contributed by atoms with van der Waals surface area (Å²) in [5.41, 5.74) is 9.46. The first-order valence-electron chi connectivity index (χ1n) is 6.06. The van der Waals surface area contributed by atoms with Crippen molar-refractivity contribution < 1.29 is 0 Å². The number of benzene rings is 1. The van der Waals surface area contributed by atoms with E-state index < -0.39 is 8.07 Å². The predicted molar refractivity (Wildman–Crippen MR) is 87.2 cm³/mol. The summed E-state index contributed by atoms with van der Waals surface area (Å²) in [6.07, 6.45) is 1.78. The molecule has 0 radical (unpaired) electrons. The molecule has 0 atom stereocenters. The number of hydrogen-bond donors (Lipinski definition) is 2. The van der Waals surface area contributed by atoms with Gasteiger partial charge in [-0.2, -0.15) is 5.10 Å². The van der Waals surface area contributed by atoms with E-state index in [1.165, 1.54) is 16.5 Å². The summed E-state index contributed by atoms with van der Waals surface area (Å²) < 4.78 is 0. The van der Waals surface area contributed by atoms with Gasteiger partial charge in [-0.3, -0.25) is 5.43 Å². The molecule has 100 valence electrons. The number of rotatable bonds is 4. The molecule has 0 aliphatic heterocycles.